The van der Waals surface area contributed by atoms with E-state index in [9.17, 15) is 9.90 Å². The highest BCUT2D eigenvalue weighted by Gasteiger charge is 2.37. The van der Waals surface area contributed by atoms with Gasteiger partial charge in [0.1, 0.15) is 6.04 Å². The number of methoxy groups -OCH3 is 3. The Hall–Kier alpha value is -3.32. The van der Waals surface area contributed by atoms with Crippen LogP contribution in [0.4, 0.5) is 0 Å². The Bertz CT molecular complexity index is 1080. The molecule has 2 heterocycles. The van der Waals surface area contributed by atoms with E-state index >= 15 is 0 Å². The maximum absolute atomic E-state index is 12.0. The number of nitrogens with zero attached hydrogens (tertiary/aromatic N) is 2. The van der Waals surface area contributed by atoms with Gasteiger partial charge < -0.3 is 19.3 Å². The van der Waals surface area contributed by atoms with E-state index < -0.39 is 12.0 Å². The Morgan fingerprint density at radius 1 is 1.03 bits per heavy atom. The number of hydrogen-bond donors (Lipinski definition) is 1. The van der Waals surface area contributed by atoms with Crippen molar-refractivity contribution in [2.45, 2.75) is 24.9 Å². The summed E-state index contributed by atoms with van der Waals surface area (Å²) in [5, 5.41) is 11.9. The fourth-order valence-corrected chi connectivity index (χ4v) is 4.47. The van der Waals surface area contributed by atoms with E-state index in [2.05, 4.69) is 11.1 Å². The number of aromatic nitrogens is 1. The van der Waals surface area contributed by atoms with E-state index in [1.54, 1.807) is 27.5 Å². The third-order valence-corrected chi connectivity index (χ3v) is 5.89. The summed E-state index contributed by atoms with van der Waals surface area (Å²) in [5.41, 5.74) is 1.89. The molecular formula is C24H26N2O5. The van der Waals surface area contributed by atoms with Crippen LogP contribution in [0.25, 0.3) is 10.8 Å². The SMILES string of the molecule is COc1cc(C(c2ccc3cnccc3c2)N2CCCC2C(=O)O)cc(OC)c1OC. The first kappa shape index (κ1) is 20.9. The molecule has 0 spiro atoms. The zero-order valence-corrected chi connectivity index (χ0v) is 17.9. The minimum absolute atomic E-state index is 0.283. The van der Waals surface area contributed by atoms with E-state index in [1.165, 1.54) is 0 Å². The number of rotatable bonds is 7. The largest absolute Gasteiger partial charge is 0.493 e. The van der Waals surface area contributed by atoms with Gasteiger partial charge in [-0.1, -0.05) is 12.1 Å². The summed E-state index contributed by atoms with van der Waals surface area (Å²) >= 11 is 0. The summed E-state index contributed by atoms with van der Waals surface area (Å²) in [6, 6.07) is 11.1. The Morgan fingerprint density at radius 2 is 1.77 bits per heavy atom. The van der Waals surface area contributed by atoms with E-state index in [0.717, 1.165) is 28.3 Å². The molecule has 1 aliphatic rings. The number of likely N-dealkylation sites (tertiary alicyclic amines) is 1. The first-order valence-corrected chi connectivity index (χ1v) is 10.2. The van der Waals surface area contributed by atoms with Gasteiger partial charge in [0, 0.05) is 24.3 Å². The van der Waals surface area contributed by atoms with Crippen LogP contribution in [0.1, 0.15) is 30.0 Å². The number of carbonyl (C=O) groups is 1. The fourth-order valence-electron chi connectivity index (χ4n) is 4.47. The second-order valence-corrected chi connectivity index (χ2v) is 7.58. The van der Waals surface area contributed by atoms with Crippen molar-refractivity contribution in [2.24, 2.45) is 0 Å². The van der Waals surface area contributed by atoms with Crippen molar-refractivity contribution in [2.75, 3.05) is 27.9 Å². The molecule has 3 aromatic rings. The molecule has 1 N–H and O–H groups in total. The number of hydrogen-bond acceptors (Lipinski definition) is 6. The van der Waals surface area contributed by atoms with Gasteiger partial charge in [-0.25, -0.2) is 0 Å². The van der Waals surface area contributed by atoms with E-state index in [4.69, 9.17) is 14.2 Å². The van der Waals surface area contributed by atoms with Crippen molar-refractivity contribution >= 4 is 16.7 Å². The third-order valence-electron chi connectivity index (χ3n) is 5.89. The molecule has 31 heavy (non-hydrogen) atoms. The summed E-state index contributed by atoms with van der Waals surface area (Å²) in [6.07, 6.45) is 5.03. The molecular weight excluding hydrogens is 396 g/mol. The lowest BCUT2D eigenvalue weighted by Gasteiger charge is -2.32. The maximum atomic E-state index is 12.0. The van der Waals surface area contributed by atoms with Crippen molar-refractivity contribution in [3.63, 3.8) is 0 Å². The number of benzene rings is 2. The molecule has 1 aliphatic heterocycles. The van der Waals surface area contributed by atoms with Crippen LogP contribution < -0.4 is 14.2 Å². The molecule has 162 valence electrons. The standard InChI is InChI=1S/C24H26N2O5/c1-29-20-12-18(13-21(30-2)23(20)31-3)22(26-10-4-5-19(26)24(27)28)16-6-7-17-14-25-9-8-15(17)11-16/h6-9,11-14,19,22H,4-5,10H2,1-3H3,(H,27,28). The lowest BCUT2D eigenvalue weighted by atomic mass is 9.94. The lowest BCUT2D eigenvalue weighted by molar-refractivity contribution is -0.142. The van der Waals surface area contributed by atoms with Gasteiger partial charge in [0.15, 0.2) is 11.5 Å². The minimum atomic E-state index is -0.806. The van der Waals surface area contributed by atoms with Gasteiger partial charge in [0.05, 0.1) is 27.4 Å². The molecule has 4 rings (SSSR count). The van der Waals surface area contributed by atoms with E-state index in [0.29, 0.717) is 30.2 Å². The number of pyridine rings is 1. The van der Waals surface area contributed by atoms with Crippen LogP contribution >= 0.6 is 0 Å². The highest BCUT2D eigenvalue weighted by atomic mass is 16.5. The Labute approximate surface area is 181 Å². The Kier molecular flexibility index (Phi) is 5.95. The molecule has 0 radical (unpaired) electrons. The lowest BCUT2D eigenvalue weighted by Crippen LogP contribution is -2.39. The second kappa shape index (κ2) is 8.81. The van der Waals surface area contributed by atoms with Crippen LogP contribution in [0.3, 0.4) is 0 Å². The average Bonchev–Trinajstić information content (AvgIpc) is 3.28. The molecule has 0 aliphatic carbocycles. The van der Waals surface area contributed by atoms with E-state index in [1.807, 2.05) is 41.4 Å². The number of fused-ring (bicyclic) bond motifs is 1. The fraction of sp³-hybridized carbons (Fsp3) is 0.333. The molecule has 7 heteroatoms. The predicted molar refractivity (Wildman–Crippen MR) is 117 cm³/mol. The number of carboxylic acids is 1. The monoisotopic (exact) mass is 422 g/mol. The van der Waals surface area contributed by atoms with Gasteiger partial charge >= 0.3 is 5.97 Å². The van der Waals surface area contributed by atoms with Crippen LogP contribution in [-0.2, 0) is 4.79 Å². The van der Waals surface area contributed by atoms with Crippen molar-refractivity contribution in [3.05, 3.63) is 59.9 Å². The van der Waals surface area contributed by atoms with Gasteiger partial charge in [0.2, 0.25) is 5.75 Å². The van der Waals surface area contributed by atoms with Gasteiger partial charge in [0.25, 0.3) is 0 Å². The van der Waals surface area contributed by atoms with Crippen LogP contribution in [0.2, 0.25) is 0 Å². The predicted octanol–water partition coefficient (Wildman–Crippen LogP) is 3.90. The molecule has 2 unspecified atom stereocenters. The number of carboxylic acid groups (broad SMARTS) is 1. The molecule has 0 amide bonds. The van der Waals surface area contributed by atoms with Gasteiger partial charge in [-0.3, -0.25) is 14.7 Å². The third kappa shape index (κ3) is 3.88. The zero-order chi connectivity index (χ0) is 22.0. The molecule has 1 fully saturated rings. The van der Waals surface area contributed by atoms with E-state index in [-0.39, 0.29) is 6.04 Å². The van der Waals surface area contributed by atoms with Crippen LogP contribution in [-0.4, -0.2) is 54.9 Å². The van der Waals surface area contributed by atoms with Crippen LogP contribution in [0, 0.1) is 0 Å². The van der Waals surface area contributed by atoms with Gasteiger partial charge in [-0.15, -0.1) is 0 Å². The number of ether oxygens (including phenoxy) is 3. The molecule has 2 atom stereocenters. The summed E-state index contributed by atoms with van der Waals surface area (Å²) in [4.78, 5) is 18.3. The van der Waals surface area contributed by atoms with Crippen LogP contribution in [0.5, 0.6) is 17.2 Å². The highest BCUT2D eigenvalue weighted by molar-refractivity contribution is 5.82. The highest BCUT2D eigenvalue weighted by Crippen LogP contribution is 2.44. The van der Waals surface area contributed by atoms with Gasteiger partial charge in [-0.05, 0) is 53.6 Å². The topological polar surface area (TPSA) is 81.1 Å². The molecule has 0 saturated carbocycles. The van der Waals surface area contributed by atoms with Crippen molar-refractivity contribution < 1.29 is 24.1 Å². The maximum Gasteiger partial charge on any atom is 0.320 e. The first-order valence-electron chi connectivity index (χ1n) is 10.2. The van der Waals surface area contributed by atoms with Gasteiger partial charge in [-0.2, -0.15) is 0 Å². The number of aliphatic carboxylic acids is 1. The zero-order valence-electron chi connectivity index (χ0n) is 17.9. The summed E-state index contributed by atoms with van der Waals surface area (Å²) in [6.45, 7) is 0.687. The molecule has 7 nitrogen and oxygen atoms in total. The summed E-state index contributed by atoms with van der Waals surface area (Å²) in [7, 11) is 4.72. The van der Waals surface area contributed by atoms with Crippen LogP contribution in [0.15, 0.2) is 48.8 Å². The Morgan fingerprint density at radius 3 is 2.42 bits per heavy atom. The van der Waals surface area contributed by atoms with Crippen molar-refractivity contribution in [3.8, 4) is 17.2 Å². The summed E-state index contributed by atoms with van der Waals surface area (Å²) < 4.78 is 16.6. The molecule has 1 aromatic heterocycles. The smallest absolute Gasteiger partial charge is 0.320 e. The first-order chi connectivity index (χ1) is 15.1. The molecule has 2 aromatic carbocycles. The second-order valence-electron chi connectivity index (χ2n) is 7.58. The quantitative estimate of drug-likeness (QED) is 0.618. The van der Waals surface area contributed by atoms with Crippen molar-refractivity contribution in [1.29, 1.82) is 0 Å². The average molecular weight is 422 g/mol. The normalized spacial score (nSPS) is 17.5. The summed E-state index contributed by atoms with van der Waals surface area (Å²) in [5.74, 6) is 0.782. The van der Waals surface area contributed by atoms with Crippen molar-refractivity contribution in [1.82, 2.24) is 9.88 Å². The Balaban J connectivity index is 1.91. The molecule has 1 saturated heterocycles. The molecule has 0 bridgehead atoms. The minimum Gasteiger partial charge on any atom is -0.493 e.